The number of aromatic nitrogens is 2. The van der Waals surface area contributed by atoms with E-state index in [9.17, 15) is 8.42 Å². The zero-order valence-electron chi connectivity index (χ0n) is 11.7. The lowest BCUT2D eigenvalue weighted by Crippen LogP contribution is -2.44. The first-order valence-corrected chi connectivity index (χ1v) is 7.45. The van der Waals surface area contributed by atoms with E-state index in [0.29, 0.717) is 19.7 Å². The quantitative estimate of drug-likeness (QED) is 0.768. The second-order valence-corrected chi connectivity index (χ2v) is 7.09. The van der Waals surface area contributed by atoms with Gasteiger partial charge in [-0.15, -0.1) is 0 Å². The third kappa shape index (κ3) is 2.66. The van der Waals surface area contributed by atoms with Gasteiger partial charge in [0.2, 0.25) is 0 Å². The van der Waals surface area contributed by atoms with Crippen LogP contribution < -0.4 is 0 Å². The van der Waals surface area contributed by atoms with Crippen molar-refractivity contribution in [3.05, 3.63) is 17.5 Å². The lowest BCUT2D eigenvalue weighted by molar-refractivity contribution is 0.160. The monoisotopic (exact) mass is 288 g/mol. The van der Waals surface area contributed by atoms with Gasteiger partial charge in [0, 0.05) is 59.0 Å². The minimum atomic E-state index is -3.41. The Morgan fingerprint density at radius 1 is 1.53 bits per heavy atom. The van der Waals surface area contributed by atoms with Crippen molar-refractivity contribution in [2.24, 2.45) is 7.05 Å². The minimum Gasteiger partial charge on any atom is -0.384 e. The fourth-order valence-electron chi connectivity index (χ4n) is 2.35. The summed E-state index contributed by atoms with van der Waals surface area (Å²) in [5, 5.41) is 4.41. The molecule has 1 aliphatic heterocycles. The molecule has 8 heteroatoms. The lowest BCUT2D eigenvalue weighted by atomic mass is 9.99. The van der Waals surface area contributed by atoms with Gasteiger partial charge in [0.15, 0.2) is 0 Å². The molecule has 0 aromatic carbocycles. The van der Waals surface area contributed by atoms with Gasteiger partial charge >= 0.3 is 0 Å². The van der Waals surface area contributed by atoms with Gasteiger partial charge in [-0.1, -0.05) is 0 Å². The molecule has 0 N–H and O–H groups in total. The summed E-state index contributed by atoms with van der Waals surface area (Å²) in [6.07, 6.45) is 1.87. The second kappa shape index (κ2) is 5.20. The average Bonchev–Trinajstić information content (AvgIpc) is 2.69. The van der Waals surface area contributed by atoms with E-state index in [1.807, 2.05) is 13.2 Å². The average molecular weight is 288 g/mol. The molecule has 0 aliphatic carbocycles. The summed E-state index contributed by atoms with van der Waals surface area (Å²) in [4.78, 5) is 0. The SMILES string of the molecule is COCC1CN(S(=O)(=O)N(C)C)Cc2cn(C)nc21. The zero-order chi connectivity index (χ0) is 14.2. The Balaban J connectivity index is 2.35. The van der Waals surface area contributed by atoms with Crippen molar-refractivity contribution in [3.63, 3.8) is 0 Å². The maximum Gasteiger partial charge on any atom is 0.281 e. The number of ether oxygens (including phenoxy) is 1. The zero-order valence-corrected chi connectivity index (χ0v) is 12.5. The van der Waals surface area contributed by atoms with Gasteiger partial charge in [-0.3, -0.25) is 4.68 Å². The molecule has 0 fully saturated rings. The third-order valence-corrected chi connectivity index (χ3v) is 5.10. The predicted molar refractivity (Wildman–Crippen MR) is 70.8 cm³/mol. The molecule has 2 rings (SSSR count). The molecule has 0 saturated carbocycles. The van der Waals surface area contributed by atoms with E-state index in [1.54, 1.807) is 25.9 Å². The molecule has 2 heterocycles. The van der Waals surface area contributed by atoms with Crippen LogP contribution in [0.15, 0.2) is 6.20 Å². The van der Waals surface area contributed by atoms with Crippen LogP contribution in [0.1, 0.15) is 17.2 Å². The summed E-state index contributed by atoms with van der Waals surface area (Å²) in [6, 6.07) is 0. The number of fused-ring (bicyclic) bond motifs is 1. The number of rotatable bonds is 4. The van der Waals surface area contributed by atoms with E-state index in [-0.39, 0.29) is 5.92 Å². The highest BCUT2D eigenvalue weighted by Crippen LogP contribution is 2.29. The Kier molecular flexibility index (Phi) is 3.95. The van der Waals surface area contributed by atoms with Crippen LogP contribution in [-0.2, 0) is 28.5 Å². The topological polar surface area (TPSA) is 67.7 Å². The summed E-state index contributed by atoms with van der Waals surface area (Å²) in [5.41, 5.74) is 1.88. The molecular weight excluding hydrogens is 268 g/mol. The first-order valence-electron chi connectivity index (χ1n) is 6.05. The molecule has 1 aliphatic rings. The smallest absolute Gasteiger partial charge is 0.281 e. The van der Waals surface area contributed by atoms with E-state index in [1.165, 1.54) is 8.61 Å². The molecule has 0 saturated heterocycles. The maximum absolute atomic E-state index is 12.2. The Morgan fingerprint density at radius 3 is 2.79 bits per heavy atom. The molecular formula is C11H20N4O3S. The molecule has 1 atom stereocenters. The summed E-state index contributed by atoms with van der Waals surface area (Å²) < 4.78 is 34.1. The van der Waals surface area contributed by atoms with E-state index in [4.69, 9.17) is 4.74 Å². The number of hydrogen-bond acceptors (Lipinski definition) is 4. The van der Waals surface area contributed by atoms with Crippen LogP contribution in [0.25, 0.3) is 0 Å². The van der Waals surface area contributed by atoms with Crippen LogP contribution in [-0.4, -0.2) is 61.2 Å². The Bertz CT molecular complexity index is 552. The molecule has 0 spiro atoms. The van der Waals surface area contributed by atoms with Crippen molar-refractivity contribution in [1.29, 1.82) is 0 Å². The van der Waals surface area contributed by atoms with Crippen LogP contribution in [0.5, 0.6) is 0 Å². The van der Waals surface area contributed by atoms with Crippen LogP contribution in [0.4, 0.5) is 0 Å². The lowest BCUT2D eigenvalue weighted by Gasteiger charge is -2.32. The van der Waals surface area contributed by atoms with Crippen molar-refractivity contribution in [3.8, 4) is 0 Å². The van der Waals surface area contributed by atoms with Gasteiger partial charge in [0.1, 0.15) is 0 Å². The highest BCUT2D eigenvalue weighted by atomic mass is 32.2. The third-order valence-electron chi connectivity index (χ3n) is 3.25. The first kappa shape index (κ1) is 14.4. The molecule has 1 aromatic heterocycles. The van der Waals surface area contributed by atoms with Gasteiger partial charge in [-0.05, 0) is 0 Å². The van der Waals surface area contributed by atoms with E-state index in [2.05, 4.69) is 5.10 Å². The number of methoxy groups -OCH3 is 1. The molecule has 0 bridgehead atoms. The molecule has 7 nitrogen and oxygen atoms in total. The standard InChI is InChI=1S/C11H20N4O3S/c1-13(2)19(16,17)15-6-9-5-14(3)12-11(9)10(7-15)8-18-4/h5,10H,6-8H2,1-4H3. The second-order valence-electron chi connectivity index (χ2n) is 4.95. The van der Waals surface area contributed by atoms with E-state index >= 15 is 0 Å². The number of aryl methyl sites for hydroxylation is 1. The van der Waals surface area contributed by atoms with Crippen LogP contribution in [0.3, 0.4) is 0 Å². The van der Waals surface area contributed by atoms with Crippen LogP contribution >= 0.6 is 0 Å². The Morgan fingerprint density at radius 2 is 2.21 bits per heavy atom. The van der Waals surface area contributed by atoms with Gasteiger partial charge in [-0.25, -0.2) is 0 Å². The molecule has 0 radical (unpaired) electrons. The summed E-state index contributed by atoms with van der Waals surface area (Å²) in [7, 11) is 3.12. The number of hydrogen-bond donors (Lipinski definition) is 0. The molecule has 19 heavy (non-hydrogen) atoms. The maximum atomic E-state index is 12.2. The molecule has 1 aromatic rings. The Hall–Kier alpha value is -0.960. The van der Waals surface area contributed by atoms with Crippen molar-refractivity contribution >= 4 is 10.2 Å². The summed E-state index contributed by atoms with van der Waals surface area (Å²) >= 11 is 0. The van der Waals surface area contributed by atoms with Crippen LogP contribution in [0.2, 0.25) is 0 Å². The molecule has 1 unspecified atom stereocenters. The van der Waals surface area contributed by atoms with Crippen molar-refractivity contribution in [1.82, 2.24) is 18.4 Å². The van der Waals surface area contributed by atoms with Crippen molar-refractivity contribution in [2.75, 3.05) is 34.4 Å². The highest BCUT2D eigenvalue weighted by Gasteiger charge is 2.35. The van der Waals surface area contributed by atoms with E-state index in [0.717, 1.165) is 11.3 Å². The molecule has 0 amide bonds. The predicted octanol–water partition coefficient (Wildman–Crippen LogP) is -0.228. The van der Waals surface area contributed by atoms with Crippen molar-refractivity contribution in [2.45, 2.75) is 12.5 Å². The van der Waals surface area contributed by atoms with Gasteiger partial charge in [0.05, 0.1) is 12.3 Å². The van der Waals surface area contributed by atoms with Crippen molar-refractivity contribution < 1.29 is 13.2 Å². The van der Waals surface area contributed by atoms with Gasteiger partial charge in [0.25, 0.3) is 10.2 Å². The largest absolute Gasteiger partial charge is 0.384 e. The number of nitrogens with zero attached hydrogens (tertiary/aromatic N) is 4. The Labute approximate surface area is 113 Å². The highest BCUT2D eigenvalue weighted by molar-refractivity contribution is 7.86. The minimum absolute atomic E-state index is 0.0234. The molecule has 108 valence electrons. The van der Waals surface area contributed by atoms with Gasteiger partial charge in [-0.2, -0.15) is 22.1 Å². The van der Waals surface area contributed by atoms with E-state index < -0.39 is 10.2 Å². The first-order chi connectivity index (χ1) is 8.86. The summed E-state index contributed by atoms with van der Waals surface area (Å²) in [6.45, 7) is 1.23. The van der Waals surface area contributed by atoms with Gasteiger partial charge < -0.3 is 4.74 Å². The fraction of sp³-hybridized carbons (Fsp3) is 0.727. The summed E-state index contributed by atoms with van der Waals surface area (Å²) in [5.74, 6) is -0.0234. The normalized spacial score (nSPS) is 20.8. The fourth-order valence-corrected chi connectivity index (χ4v) is 3.48. The van der Waals surface area contributed by atoms with Crippen LogP contribution in [0, 0.1) is 0 Å².